The zero-order valence-corrected chi connectivity index (χ0v) is 9.56. The summed E-state index contributed by atoms with van der Waals surface area (Å²) in [6.07, 6.45) is 1.02. The highest BCUT2D eigenvalue weighted by Crippen LogP contribution is 2.16. The van der Waals surface area contributed by atoms with E-state index in [1.807, 2.05) is 24.3 Å². The van der Waals surface area contributed by atoms with Crippen molar-refractivity contribution >= 4 is 5.97 Å². The molecule has 1 rings (SSSR count). The third kappa shape index (κ3) is 3.24. The van der Waals surface area contributed by atoms with Gasteiger partial charge in [0.15, 0.2) is 0 Å². The van der Waals surface area contributed by atoms with E-state index in [9.17, 15) is 4.79 Å². The van der Waals surface area contributed by atoms with Crippen molar-refractivity contribution in [3.05, 3.63) is 29.8 Å². The number of ether oxygens (including phenoxy) is 1. The van der Waals surface area contributed by atoms with Gasteiger partial charge in [-0.05, 0) is 37.5 Å². The fraction of sp³-hybridized carbons (Fsp3) is 0.417. The Kier molecular flexibility index (Phi) is 3.90. The first kappa shape index (κ1) is 12.5. The van der Waals surface area contributed by atoms with Gasteiger partial charge in [-0.15, -0.1) is 0 Å². The quantitative estimate of drug-likeness (QED) is 0.792. The van der Waals surface area contributed by atoms with E-state index >= 15 is 0 Å². The number of aliphatic carboxylic acids is 1. The maximum atomic E-state index is 10.8. The minimum absolute atomic E-state index is 0.398. The minimum atomic E-state index is -1.18. The predicted octanol–water partition coefficient (Wildman–Crippen LogP) is 1.43. The van der Waals surface area contributed by atoms with E-state index in [0.717, 1.165) is 11.3 Å². The van der Waals surface area contributed by atoms with Crippen molar-refractivity contribution in [1.29, 1.82) is 0 Å². The fourth-order valence-corrected chi connectivity index (χ4v) is 1.34. The van der Waals surface area contributed by atoms with Crippen LogP contribution in [-0.2, 0) is 11.2 Å². The van der Waals surface area contributed by atoms with Crippen molar-refractivity contribution in [1.82, 2.24) is 0 Å². The number of hydrogen-bond acceptors (Lipinski definition) is 3. The van der Waals surface area contributed by atoms with E-state index in [-0.39, 0.29) is 0 Å². The van der Waals surface area contributed by atoms with Gasteiger partial charge in [-0.2, -0.15) is 0 Å². The number of nitrogens with two attached hydrogens (primary N) is 1. The van der Waals surface area contributed by atoms with Crippen LogP contribution in [0.5, 0.6) is 5.75 Å². The van der Waals surface area contributed by atoms with Crippen LogP contribution in [0.4, 0.5) is 0 Å². The molecule has 0 fully saturated rings. The second-order valence-corrected chi connectivity index (χ2v) is 4.07. The van der Waals surface area contributed by atoms with Gasteiger partial charge in [0.1, 0.15) is 11.3 Å². The Bertz CT molecular complexity index is 374. The smallest absolute Gasteiger partial charge is 0.323 e. The molecule has 0 spiro atoms. The Morgan fingerprint density at radius 2 is 2.25 bits per heavy atom. The number of benzene rings is 1. The Hall–Kier alpha value is -1.55. The molecule has 1 aromatic rings. The molecular weight excluding hydrogens is 206 g/mol. The summed E-state index contributed by atoms with van der Waals surface area (Å²) in [7, 11) is 1.60. The number of methoxy groups -OCH3 is 1. The highest BCUT2D eigenvalue weighted by atomic mass is 16.5. The summed E-state index contributed by atoms with van der Waals surface area (Å²) in [5, 5.41) is 8.87. The lowest BCUT2D eigenvalue weighted by atomic mass is 9.94. The first-order valence-corrected chi connectivity index (χ1v) is 5.11. The van der Waals surface area contributed by atoms with Crippen molar-refractivity contribution in [3.63, 3.8) is 0 Å². The molecule has 3 N–H and O–H groups in total. The van der Waals surface area contributed by atoms with Crippen LogP contribution in [0.25, 0.3) is 0 Å². The molecule has 1 unspecified atom stereocenters. The molecule has 88 valence electrons. The summed E-state index contributed by atoms with van der Waals surface area (Å²) in [4.78, 5) is 10.8. The predicted molar refractivity (Wildman–Crippen MR) is 61.5 cm³/mol. The molecule has 0 aliphatic rings. The van der Waals surface area contributed by atoms with E-state index in [2.05, 4.69) is 0 Å². The van der Waals surface area contributed by atoms with Gasteiger partial charge in [0, 0.05) is 0 Å². The number of aryl methyl sites for hydroxylation is 1. The van der Waals surface area contributed by atoms with Crippen molar-refractivity contribution in [2.75, 3.05) is 7.11 Å². The lowest BCUT2D eigenvalue weighted by Crippen LogP contribution is -2.45. The average molecular weight is 223 g/mol. The molecule has 1 aromatic carbocycles. The van der Waals surface area contributed by atoms with Crippen LogP contribution >= 0.6 is 0 Å². The Balaban J connectivity index is 2.64. The molecule has 4 heteroatoms. The zero-order valence-electron chi connectivity index (χ0n) is 9.56. The SMILES string of the molecule is COc1cccc(CCC(C)(N)C(=O)O)c1. The molecule has 0 heterocycles. The maximum Gasteiger partial charge on any atom is 0.323 e. The second kappa shape index (κ2) is 4.99. The van der Waals surface area contributed by atoms with E-state index < -0.39 is 11.5 Å². The van der Waals surface area contributed by atoms with Crippen LogP contribution in [-0.4, -0.2) is 23.7 Å². The summed E-state index contributed by atoms with van der Waals surface area (Å²) >= 11 is 0. The molecule has 0 radical (unpaired) electrons. The van der Waals surface area contributed by atoms with Gasteiger partial charge >= 0.3 is 5.97 Å². The summed E-state index contributed by atoms with van der Waals surface area (Å²) < 4.78 is 5.09. The lowest BCUT2D eigenvalue weighted by molar-refractivity contribution is -0.142. The van der Waals surface area contributed by atoms with E-state index in [1.165, 1.54) is 6.92 Å². The minimum Gasteiger partial charge on any atom is -0.497 e. The number of rotatable bonds is 5. The number of carbonyl (C=O) groups is 1. The molecule has 0 amide bonds. The first-order chi connectivity index (χ1) is 7.45. The van der Waals surface area contributed by atoms with E-state index in [4.69, 9.17) is 15.6 Å². The Morgan fingerprint density at radius 1 is 1.56 bits per heavy atom. The van der Waals surface area contributed by atoms with Crippen LogP contribution in [0.2, 0.25) is 0 Å². The summed E-state index contributed by atoms with van der Waals surface area (Å²) in [5.74, 6) is -0.207. The summed E-state index contributed by atoms with van der Waals surface area (Å²) in [5.41, 5.74) is 5.49. The lowest BCUT2D eigenvalue weighted by Gasteiger charge is -2.18. The van der Waals surface area contributed by atoms with Crippen molar-refractivity contribution < 1.29 is 14.6 Å². The number of carboxylic acids is 1. The van der Waals surface area contributed by atoms with Crippen LogP contribution in [0.15, 0.2) is 24.3 Å². The maximum absolute atomic E-state index is 10.8. The van der Waals surface area contributed by atoms with Gasteiger partial charge in [0.2, 0.25) is 0 Å². The largest absolute Gasteiger partial charge is 0.497 e. The van der Waals surface area contributed by atoms with Crippen LogP contribution in [0, 0.1) is 0 Å². The third-order valence-corrected chi connectivity index (χ3v) is 2.56. The fourth-order valence-electron chi connectivity index (χ4n) is 1.34. The molecule has 0 saturated carbocycles. The molecule has 0 aromatic heterocycles. The Morgan fingerprint density at radius 3 is 2.81 bits per heavy atom. The average Bonchev–Trinajstić information content (AvgIpc) is 2.26. The molecule has 1 atom stereocenters. The monoisotopic (exact) mass is 223 g/mol. The van der Waals surface area contributed by atoms with Crippen molar-refractivity contribution in [2.24, 2.45) is 5.73 Å². The van der Waals surface area contributed by atoms with Gasteiger partial charge < -0.3 is 15.6 Å². The van der Waals surface area contributed by atoms with Crippen molar-refractivity contribution in [3.8, 4) is 5.75 Å². The summed E-state index contributed by atoms with van der Waals surface area (Å²) in [6, 6.07) is 7.55. The molecule has 16 heavy (non-hydrogen) atoms. The molecule has 4 nitrogen and oxygen atoms in total. The van der Waals surface area contributed by atoms with Crippen molar-refractivity contribution in [2.45, 2.75) is 25.3 Å². The topological polar surface area (TPSA) is 72.5 Å². The normalized spacial score (nSPS) is 14.2. The van der Waals surface area contributed by atoms with Crippen LogP contribution < -0.4 is 10.5 Å². The molecular formula is C12H17NO3. The highest BCUT2D eigenvalue weighted by molar-refractivity contribution is 5.77. The molecule has 0 aliphatic heterocycles. The first-order valence-electron chi connectivity index (χ1n) is 5.11. The highest BCUT2D eigenvalue weighted by Gasteiger charge is 2.27. The standard InChI is InChI=1S/C12H17NO3/c1-12(13,11(14)15)7-6-9-4-3-5-10(8-9)16-2/h3-5,8H,6-7,13H2,1-2H3,(H,14,15). The van der Waals surface area contributed by atoms with Crippen LogP contribution in [0.3, 0.4) is 0 Å². The molecule has 0 aliphatic carbocycles. The zero-order chi connectivity index (χ0) is 12.2. The second-order valence-electron chi connectivity index (χ2n) is 4.07. The number of hydrogen-bond donors (Lipinski definition) is 2. The van der Waals surface area contributed by atoms with E-state index in [1.54, 1.807) is 7.11 Å². The Labute approximate surface area is 95.0 Å². The van der Waals surface area contributed by atoms with Gasteiger partial charge in [0.05, 0.1) is 7.11 Å². The van der Waals surface area contributed by atoms with Gasteiger partial charge in [-0.25, -0.2) is 0 Å². The van der Waals surface area contributed by atoms with Gasteiger partial charge in [0.25, 0.3) is 0 Å². The molecule has 0 saturated heterocycles. The third-order valence-electron chi connectivity index (χ3n) is 2.56. The molecule has 0 bridgehead atoms. The van der Waals surface area contributed by atoms with E-state index in [0.29, 0.717) is 12.8 Å². The van der Waals surface area contributed by atoms with Gasteiger partial charge in [-0.3, -0.25) is 4.79 Å². The van der Waals surface area contributed by atoms with Crippen LogP contribution in [0.1, 0.15) is 18.9 Å². The van der Waals surface area contributed by atoms with Gasteiger partial charge in [-0.1, -0.05) is 12.1 Å². The summed E-state index contributed by atoms with van der Waals surface area (Å²) in [6.45, 7) is 1.52. The number of carboxylic acid groups (broad SMARTS) is 1.